The molecule has 36 heavy (non-hydrogen) atoms. The van der Waals surface area contributed by atoms with E-state index in [-0.39, 0.29) is 12.2 Å². The molecule has 186 valence electrons. The van der Waals surface area contributed by atoms with E-state index >= 15 is 0 Å². The molecule has 0 spiro atoms. The number of H-pyrrole nitrogens is 1. The van der Waals surface area contributed by atoms with Gasteiger partial charge in [-0.1, -0.05) is 24.3 Å². The van der Waals surface area contributed by atoms with E-state index in [9.17, 15) is 5.11 Å². The van der Waals surface area contributed by atoms with Crippen LogP contribution in [0.1, 0.15) is 61.4 Å². The highest BCUT2D eigenvalue weighted by Crippen LogP contribution is 2.38. The molecule has 0 amide bonds. The van der Waals surface area contributed by atoms with E-state index in [2.05, 4.69) is 20.6 Å². The second-order valence-electron chi connectivity index (χ2n) is 9.61. The number of pyridine rings is 1. The van der Waals surface area contributed by atoms with Gasteiger partial charge in [0, 0.05) is 42.8 Å². The molecular weight excluding hydrogens is 458 g/mol. The van der Waals surface area contributed by atoms with Crippen LogP contribution in [0.15, 0.2) is 36.7 Å². The number of aliphatic hydroxyl groups excluding tert-OH is 1. The zero-order valence-electron chi connectivity index (χ0n) is 20.0. The number of aromatic amines is 1. The molecule has 1 aromatic carbocycles. The Hall–Kier alpha value is -3.50. The molecule has 4 aromatic rings. The number of nitrogens with zero attached hydrogens (tertiary/aromatic N) is 6. The molecule has 0 bridgehead atoms. The Morgan fingerprint density at radius 1 is 0.972 bits per heavy atom. The number of hydrogen-bond donors (Lipinski definition) is 2. The van der Waals surface area contributed by atoms with E-state index in [1.807, 2.05) is 36.7 Å². The normalized spacial score (nSPS) is 21.0. The van der Waals surface area contributed by atoms with Gasteiger partial charge in [-0.05, 0) is 42.4 Å². The molecule has 2 fully saturated rings. The van der Waals surface area contributed by atoms with Gasteiger partial charge in [0.1, 0.15) is 11.9 Å². The minimum Gasteiger partial charge on any atom is -0.474 e. The summed E-state index contributed by atoms with van der Waals surface area (Å²) >= 11 is 0. The van der Waals surface area contributed by atoms with Crippen molar-refractivity contribution in [1.29, 1.82) is 0 Å². The number of aromatic nitrogens is 7. The van der Waals surface area contributed by atoms with Gasteiger partial charge in [0.2, 0.25) is 11.7 Å². The Morgan fingerprint density at radius 3 is 2.53 bits per heavy atom. The summed E-state index contributed by atoms with van der Waals surface area (Å²) < 4.78 is 11.8. The minimum absolute atomic E-state index is 0.0857. The number of nitrogens with one attached hydrogen (secondary N) is 1. The SMILES string of the molecule is OC1CCC(c2cnc(OC3CCOCC3)c3cnc(Cc4ccc(-c5nn[nH]n5)cc4)nc23)CC1. The van der Waals surface area contributed by atoms with Gasteiger partial charge in [0.25, 0.3) is 0 Å². The van der Waals surface area contributed by atoms with Crippen LogP contribution in [0.3, 0.4) is 0 Å². The first-order valence-corrected chi connectivity index (χ1v) is 12.6. The summed E-state index contributed by atoms with van der Waals surface area (Å²) in [5.74, 6) is 2.22. The van der Waals surface area contributed by atoms with Gasteiger partial charge in [0.15, 0.2) is 0 Å². The van der Waals surface area contributed by atoms with Crippen LogP contribution in [0.25, 0.3) is 22.3 Å². The minimum atomic E-state index is -0.211. The molecule has 0 unspecified atom stereocenters. The van der Waals surface area contributed by atoms with E-state index in [0.29, 0.717) is 37.3 Å². The van der Waals surface area contributed by atoms with Crippen molar-refractivity contribution in [2.24, 2.45) is 0 Å². The molecule has 10 nitrogen and oxygen atoms in total. The first kappa shape index (κ1) is 22.9. The average Bonchev–Trinajstić information content (AvgIpc) is 3.46. The van der Waals surface area contributed by atoms with Crippen molar-refractivity contribution < 1.29 is 14.6 Å². The molecule has 1 saturated heterocycles. The highest BCUT2D eigenvalue weighted by molar-refractivity contribution is 5.86. The number of fused-ring (bicyclic) bond motifs is 1. The van der Waals surface area contributed by atoms with E-state index in [1.54, 1.807) is 0 Å². The summed E-state index contributed by atoms with van der Waals surface area (Å²) in [5, 5.41) is 25.0. The standard InChI is InChI=1S/C26H29N7O3/c34-19-7-5-17(6-8-19)21-14-28-26(36-20-9-11-35-12-10-20)22-15-27-23(29-24(21)22)13-16-1-3-18(4-2-16)25-30-32-33-31-25/h1-4,14-15,17,19-20,34H,5-13H2,(H,30,31,32,33). The lowest BCUT2D eigenvalue weighted by molar-refractivity contribution is 0.0244. The largest absolute Gasteiger partial charge is 0.474 e. The van der Waals surface area contributed by atoms with Crippen LogP contribution in [0, 0.1) is 0 Å². The van der Waals surface area contributed by atoms with Gasteiger partial charge >= 0.3 is 0 Å². The lowest BCUT2D eigenvalue weighted by atomic mass is 9.82. The van der Waals surface area contributed by atoms with Crippen molar-refractivity contribution in [2.45, 2.75) is 63.1 Å². The predicted octanol–water partition coefficient (Wildman–Crippen LogP) is 3.37. The fourth-order valence-corrected chi connectivity index (χ4v) is 5.11. The molecule has 10 heteroatoms. The van der Waals surface area contributed by atoms with Crippen LogP contribution >= 0.6 is 0 Å². The summed E-state index contributed by atoms with van der Waals surface area (Å²) in [6.45, 7) is 1.41. The molecular formula is C26H29N7O3. The second-order valence-corrected chi connectivity index (χ2v) is 9.61. The van der Waals surface area contributed by atoms with E-state index in [0.717, 1.165) is 71.9 Å². The molecule has 2 N–H and O–H groups in total. The van der Waals surface area contributed by atoms with Crippen LogP contribution in [-0.4, -0.2) is 66.1 Å². The molecule has 4 heterocycles. The maximum atomic E-state index is 10.0. The third-order valence-corrected chi connectivity index (χ3v) is 7.17. The Balaban J connectivity index is 1.31. The van der Waals surface area contributed by atoms with Crippen molar-refractivity contribution in [3.05, 3.63) is 53.6 Å². The van der Waals surface area contributed by atoms with E-state index < -0.39 is 0 Å². The Morgan fingerprint density at radius 2 is 1.78 bits per heavy atom. The summed E-state index contributed by atoms with van der Waals surface area (Å²) in [7, 11) is 0. The number of benzene rings is 1. The van der Waals surface area contributed by atoms with Gasteiger partial charge in [-0.3, -0.25) is 0 Å². The van der Waals surface area contributed by atoms with Crippen LogP contribution in [0.2, 0.25) is 0 Å². The molecule has 1 saturated carbocycles. The number of rotatable bonds is 6. The van der Waals surface area contributed by atoms with E-state index in [4.69, 9.17) is 24.4 Å². The third kappa shape index (κ3) is 4.91. The molecule has 3 aromatic heterocycles. The van der Waals surface area contributed by atoms with Gasteiger partial charge < -0.3 is 14.6 Å². The first-order chi connectivity index (χ1) is 17.7. The fraction of sp³-hybridized carbons (Fsp3) is 0.462. The van der Waals surface area contributed by atoms with Crippen LogP contribution in [0.5, 0.6) is 5.88 Å². The number of aliphatic hydroxyl groups is 1. The molecule has 6 rings (SSSR count). The monoisotopic (exact) mass is 487 g/mol. The molecule has 1 aliphatic heterocycles. The summed E-state index contributed by atoms with van der Waals surface area (Å²) in [5.41, 5.74) is 4.01. The summed E-state index contributed by atoms with van der Waals surface area (Å²) in [4.78, 5) is 14.4. The smallest absolute Gasteiger partial charge is 0.224 e. The lowest BCUT2D eigenvalue weighted by Crippen LogP contribution is -2.26. The van der Waals surface area contributed by atoms with Crippen LogP contribution < -0.4 is 4.74 Å². The van der Waals surface area contributed by atoms with Crippen molar-refractivity contribution in [2.75, 3.05) is 13.2 Å². The molecule has 0 radical (unpaired) electrons. The summed E-state index contributed by atoms with van der Waals surface area (Å²) in [6.07, 6.45) is 9.42. The average molecular weight is 488 g/mol. The van der Waals surface area contributed by atoms with Gasteiger partial charge in [-0.2, -0.15) is 5.21 Å². The zero-order chi connectivity index (χ0) is 24.3. The maximum absolute atomic E-state index is 10.0. The van der Waals surface area contributed by atoms with Crippen molar-refractivity contribution in [3.63, 3.8) is 0 Å². The molecule has 1 aliphatic carbocycles. The van der Waals surface area contributed by atoms with Crippen molar-refractivity contribution in [3.8, 4) is 17.3 Å². The fourth-order valence-electron chi connectivity index (χ4n) is 5.11. The Kier molecular flexibility index (Phi) is 6.52. The second kappa shape index (κ2) is 10.2. The topological polar surface area (TPSA) is 132 Å². The van der Waals surface area contributed by atoms with Crippen molar-refractivity contribution >= 4 is 10.9 Å². The van der Waals surface area contributed by atoms with Gasteiger partial charge in [-0.25, -0.2) is 15.0 Å². The highest BCUT2D eigenvalue weighted by atomic mass is 16.5. The third-order valence-electron chi connectivity index (χ3n) is 7.17. The molecule has 2 aliphatic rings. The van der Waals surface area contributed by atoms with Crippen LogP contribution in [0.4, 0.5) is 0 Å². The Bertz CT molecular complexity index is 1300. The lowest BCUT2D eigenvalue weighted by Gasteiger charge is -2.27. The van der Waals surface area contributed by atoms with Crippen molar-refractivity contribution in [1.82, 2.24) is 35.6 Å². The Labute approximate surface area is 208 Å². The molecule has 0 atom stereocenters. The quantitative estimate of drug-likeness (QED) is 0.420. The number of tetrazole rings is 1. The van der Waals surface area contributed by atoms with E-state index in [1.165, 1.54) is 0 Å². The number of ether oxygens (including phenoxy) is 2. The van der Waals surface area contributed by atoms with Gasteiger partial charge in [-0.15, -0.1) is 10.2 Å². The first-order valence-electron chi connectivity index (χ1n) is 12.6. The summed E-state index contributed by atoms with van der Waals surface area (Å²) in [6, 6.07) is 8.03. The predicted molar refractivity (Wildman–Crippen MR) is 131 cm³/mol. The number of hydrogen-bond acceptors (Lipinski definition) is 9. The van der Waals surface area contributed by atoms with Crippen LogP contribution in [-0.2, 0) is 11.2 Å². The maximum Gasteiger partial charge on any atom is 0.224 e. The van der Waals surface area contributed by atoms with Gasteiger partial charge in [0.05, 0.1) is 30.2 Å². The highest BCUT2D eigenvalue weighted by Gasteiger charge is 2.25. The zero-order valence-corrected chi connectivity index (χ0v) is 20.0.